The van der Waals surface area contributed by atoms with Gasteiger partial charge in [0, 0.05) is 88.2 Å². The molecule has 4 amide bonds. The number of rotatable bonds is 19. The molecule has 0 saturated carbocycles. The van der Waals surface area contributed by atoms with Crippen molar-refractivity contribution in [3.05, 3.63) is 36.0 Å². The van der Waals surface area contributed by atoms with Gasteiger partial charge >= 0.3 is 17.9 Å². The predicted molar refractivity (Wildman–Crippen MR) is 219 cm³/mol. The molecule has 5 rings (SSSR count). The number of amides is 4. The molecule has 0 radical (unpaired) electrons. The first-order chi connectivity index (χ1) is 30.2. The molecule has 3 aliphatic heterocycles. The van der Waals surface area contributed by atoms with Gasteiger partial charge in [-0.25, -0.2) is 23.1 Å². The number of ether oxygens (including phenoxy) is 2. The van der Waals surface area contributed by atoms with Crippen LogP contribution in [-0.4, -0.2) is 179 Å². The van der Waals surface area contributed by atoms with Crippen molar-refractivity contribution in [3.63, 3.8) is 0 Å². The van der Waals surface area contributed by atoms with Gasteiger partial charge < -0.3 is 40.5 Å². The van der Waals surface area contributed by atoms with Crippen LogP contribution in [0, 0.1) is 11.3 Å². The van der Waals surface area contributed by atoms with E-state index in [1.54, 1.807) is 47.1 Å². The molecule has 3 saturated heterocycles. The zero-order valence-electron chi connectivity index (χ0n) is 35.5. The number of aromatic nitrogens is 1. The molecule has 3 fully saturated rings. The number of anilines is 1. The van der Waals surface area contributed by atoms with Crippen LogP contribution >= 0.6 is 0 Å². The number of alkyl halides is 2. The van der Waals surface area contributed by atoms with E-state index in [1.807, 2.05) is 0 Å². The summed E-state index contributed by atoms with van der Waals surface area (Å²) >= 11 is 0. The highest BCUT2D eigenvalue weighted by atomic mass is 19.3. The molecular weight excluding hydrogens is 849 g/mol. The van der Waals surface area contributed by atoms with Crippen LogP contribution in [0.3, 0.4) is 0 Å². The number of esters is 1. The smallest absolute Gasteiger partial charge is 0.364 e. The molecule has 0 bridgehead atoms. The lowest BCUT2D eigenvalue weighted by atomic mass is 10.1. The van der Waals surface area contributed by atoms with Gasteiger partial charge in [-0.2, -0.15) is 11.1 Å². The van der Waals surface area contributed by atoms with Crippen molar-refractivity contribution in [1.82, 2.24) is 35.6 Å². The van der Waals surface area contributed by atoms with Crippen LogP contribution in [0.5, 0.6) is 0 Å². The highest BCUT2D eigenvalue weighted by Crippen LogP contribution is 2.33. The van der Waals surface area contributed by atoms with Gasteiger partial charge in [0.2, 0.25) is 35.4 Å². The van der Waals surface area contributed by atoms with E-state index in [4.69, 9.17) is 15.3 Å². The van der Waals surface area contributed by atoms with E-state index in [1.165, 1.54) is 13.3 Å². The third-order valence-corrected chi connectivity index (χ3v) is 11.4. The van der Waals surface area contributed by atoms with Crippen LogP contribution in [0.4, 0.5) is 14.5 Å². The number of halogens is 2. The molecular formula is C40H54F2N11O11+. The Morgan fingerprint density at radius 1 is 1.06 bits per heavy atom. The summed E-state index contributed by atoms with van der Waals surface area (Å²) < 4.78 is 38.3. The fourth-order valence-electron chi connectivity index (χ4n) is 8.22. The molecule has 348 valence electrons. The first-order valence-electron chi connectivity index (χ1n) is 20.6. The van der Waals surface area contributed by atoms with E-state index in [-0.39, 0.29) is 84.6 Å². The van der Waals surface area contributed by atoms with Crippen LogP contribution in [-0.2, 0) is 43.0 Å². The molecule has 64 heavy (non-hydrogen) atoms. The lowest BCUT2D eigenvalue weighted by Crippen LogP contribution is -2.70. The molecule has 4 heterocycles. The number of aliphatic carboxylic acids is 2. The summed E-state index contributed by atoms with van der Waals surface area (Å²) in [4.78, 5) is 95.9. The van der Waals surface area contributed by atoms with Gasteiger partial charge in [-0.3, -0.25) is 44.0 Å². The standard InChI is InChI=1S/C40H53F2N11O11/c1-39-24-53(44,16-15-50(21-35(58)59)13-14-51(39)22-36(60)64-39)30(38(61)62)5-6-31(54)46-11-12-47-32(55)7-8-33(56)49-25-3-4-29-28(17-25)27(9-10-45-29)37(63-2)48-20-34(57)52-23-40(41,42)18-26(52)19-43/h3-4,9-10,17,26,30,37,48H,5-8,11-16,18,20-24,44H2,1-2H3,(H4-,46,47,49,54,55,56,58,59,61,62)/p+1/t26-,30?,37?,39+,53?/m0/s1. The summed E-state index contributed by atoms with van der Waals surface area (Å²) in [7, 11) is 1.38. The Balaban J connectivity index is 1.07. The number of nitrogens with one attached hydrogen (secondary N) is 4. The van der Waals surface area contributed by atoms with Gasteiger partial charge in [0.05, 0.1) is 37.8 Å². The number of methoxy groups -OCH3 is 1. The summed E-state index contributed by atoms with van der Waals surface area (Å²) in [5, 5.41) is 40.3. The van der Waals surface area contributed by atoms with Gasteiger partial charge in [-0.1, -0.05) is 0 Å². The van der Waals surface area contributed by atoms with Crippen molar-refractivity contribution in [2.45, 2.75) is 69.0 Å². The molecule has 5 atom stereocenters. The lowest BCUT2D eigenvalue weighted by Gasteiger charge is -2.43. The van der Waals surface area contributed by atoms with Crippen molar-refractivity contribution in [2.24, 2.45) is 5.84 Å². The number of nitrogens with zero attached hydrogens (tertiary/aromatic N) is 6. The van der Waals surface area contributed by atoms with Crippen LogP contribution in [0.25, 0.3) is 10.9 Å². The fraction of sp³-hybridized carbons (Fsp3) is 0.575. The molecule has 2 aromatic rings. The highest BCUT2D eigenvalue weighted by molar-refractivity contribution is 5.96. The zero-order chi connectivity index (χ0) is 46.8. The van der Waals surface area contributed by atoms with Crippen LogP contribution in [0.1, 0.15) is 50.8 Å². The minimum Gasteiger partial charge on any atom is -0.480 e. The Hall–Kier alpha value is -5.97. The number of carbonyl (C=O) groups is 7. The van der Waals surface area contributed by atoms with Crippen molar-refractivity contribution < 1.29 is 66.6 Å². The maximum atomic E-state index is 13.9. The quantitative estimate of drug-likeness (QED) is 0.0295. The number of hydrogen-bond acceptors (Lipinski definition) is 15. The number of quaternary nitrogens is 1. The summed E-state index contributed by atoms with van der Waals surface area (Å²) in [6, 6.07) is 5.67. The van der Waals surface area contributed by atoms with Gasteiger partial charge in [0.15, 0.2) is 6.54 Å². The van der Waals surface area contributed by atoms with Gasteiger partial charge in [0.25, 0.3) is 5.92 Å². The topological polar surface area (TPSA) is 299 Å². The van der Waals surface area contributed by atoms with E-state index < -0.39 is 95.6 Å². The van der Waals surface area contributed by atoms with Gasteiger partial charge in [-0.15, -0.1) is 0 Å². The molecule has 0 spiro atoms. The van der Waals surface area contributed by atoms with E-state index in [0.29, 0.717) is 22.2 Å². The number of carbonyl (C=O) groups excluding carboxylic acids is 5. The molecule has 3 unspecified atom stereocenters. The number of benzene rings is 1. The van der Waals surface area contributed by atoms with E-state index >= 15 is 0 Å². The number of likely N-dealkylation sites (tertiary alicyclic amines) is 1. The summed E-state index contributed by atoms with van der Waals surface area (Å²) in [5.41, 5.74) is 0.148. The first kappa shape index (κ1) is 49.1. The van der Waals surface area contributed by atoms with Crippen molar-refractivity contribution >= 4 is 58.1 Å². The number of fused-ring (bicyclic) bond motifs is 2. The highest BCUT2D eigenvalue weighted by Gasteiger charge is 2.54. The minimum atomic E-state index is -3.16. The number of carboxylic acid groups (broad SMARTS) is 2. The zero-order valence-corrected chi connectivity index (χ0v) is 35.5. The van der Waals surface area contributed by atoms with E-state index in [0.717, 1.165) is 4.90 Å². The third-order valence-electron chi connectivity index (χ3n) is 11.4. The van der Waals surface area contributed by atoms with Gasteiger partial charge in [-0.05, 0) is 31.2 Å². The Morgan fingerprint density at radius 3 is 2.44 bits per heavy atom. The first-order valence-corrected chi connectivity index (χ1v) is 20.6. The average Bonchev–Trinajstić information content (AvgIpc) is 3.72. The average molecular weight is 903 g/mol. The van der Waals surface area contributed by atoms with Crippen LogP contribution in [0.2, 0.25) is 0 Å². The van der Waals surface area contributed by atoms with Crippen LogP contribution < -0.4 is 27.1 Å². The van der Waals surface area contributed by atoms with E-state index in [2.05, 4.69) is 26.3 Å². The number of carboxylic acids is 2. The normalized spacial score (nSPS) is 23.3. The molecule has 1 aromatic carbocycles. The number of hydrogen-bond donors (Lipinski definition) is 7. The van der Waals surface area contributed by atoms with Crippen molar-refractivity contribution in [1.29, 1.82) is 5.26 Å². The summed E-state index contributed by atoms with van der Waals surface area (Å²) in [5.74, 6) is -1.46. The minimum absolute atomic E-state index is 0.00219. The SMILES string of the molecule is COC(NCC(=O)N1CC(F)(F)C[C@H]1C#N)c1ccnc2ccc(NC(=O)CCC(=O)NCCNC(=O)CCC(C(=O)O)[N+]3(N)CCN(CC(=O)O)CCN4CC(=O)O[C@]4(C)C3)cc12. The maximum Gasteiger partial charge on any atom is 0.364 e. The Bertz CT molecular complexity index is 2140. The summed E-state index contributed by atoms with van der Waals surface area (Å²) in [6.45, 7) is 0.568. The molecule has 3 aliphatic rings. The Kier molecular flexibility index (Phi) is 16.2. The van der Waals surface area contributed by atoms with Crippen molar-refractivity contribution in [3.8, 4) is 6.07 Å². The van der Waals surface area contributed by atoms with E-state index in [9.17, 15) is 57.8 Å². The Labute approximate surface area is 366 Å². The molecule has 22 nitrogen and oxygen atoms in total. The molecule has 24 heteroatoms. The fourth-order valence-corrected chi connectivity index (χ4v) is 8.22. The monoisotopic (exact) mass is 902 g/mol. The molecule has 1 aromatic heterocycles. The number of nitrogens with two attached hydrogens (primary N) is 1. The predicted octanol–water partition coefficient (Wildman–Crippen LogP) is -0.921. The lowest BCUT2D eigenvalue weighted by molar-refractivity contribution is -0.960. The number of pyridine rings is 1. The molecule has 0 aliphatic carbocycles. The number of nitriles is 1. The third kappa shape index (κ3) is 12.8. The Morgan fingerprint density at radius 2 is 1.77 bits per heavy atom. The second-order valence-corrected chi connectivity index (χ2v) is 16.2. The maximum absolute atomic E-state index is 13.9. The van der Waals surface area contributed by atoms with Crippen LogP contribution in [0.15, 0.2) is 30.5 Å². The molecule has 8 N–H and O–H groups in total. The van der Waals surface area contributed by atoms with Crippen molar-refractivity contribution in [2.75, 3.05) is 84.4 Å². The second-order valence-electron chi connectivity index (χ2n) is 16.2. The largest absolute Gasteiger partial charge is 0.480 e. The summed E-state index contributed by atoms with van der Waals surface area (Å²) in [6.07, 6.45) is -0.953. The van der Waals surface area contributed by atoms with Gasteiger partial charge in [0.1, 0.15) is 25.4 Å². The second kappa shape index (κ2) is 21.1.